The van der Waals surface area contributed by atoms with Gasteiger partial charge in [-0.3, -0.25) is 4.79 Å². The average Bonchev–Trinajstić information content (AvgIpc) is 2.49. The molecule has 0 amide bonds. The zero-order chi connectivity index (χ0) is 14.1. The van der Waals surface area contributed by atoms with Crippen molar-refractivity contribution in [1.29, 1.82) is 0 Å². The highest BCUT2D eigenvalue weighted by Crippen LogP contribution is 2.28. The second-order valence-corrected chi connectivity index (χ2v) is 6.39. The summed E-state index contributed by atoms with van der Waals surface area (Å²) in [6.45, 7) is 2.02. The van der Waals surface area contributed by atoms with E-state index in [1.165, 1.54) is 11.1 Å². The molecule has 2 aromatic carbocycles. The van der Waals surface area contributed by atoms with Crippen molar-refractivity contribution in [2.24, 2.45) is 5.92 Å². The molecule has 102 valence electrons. The van der Waals surface area contributed by atoms with E-state index in [0.29, 0.717) is 0 Å². The van der Waals surface area contributed by atoms with Crippen molar-refractivity contribution >= 4 is 21.7 Å². The number of hydrogen-bond acceptors (Lipinski definition) is 1. The first-order chi connectivity index (χ1) is 9.65. The highest BCUT2D eigenvalue weighted by molar-refractivity contribution is 9.10. The van der Waals surface area contributed by atoms with E-state index in [0.717, 1.165) is 34.9 Å². The van der Waals surface area contributed by atoms with Crippen molar-refractivity contribution in [1.82, 2.24) is 0 Å². The molecule has 0 heterocycles. The number of ketones is 1. The normalized spacial score (nSPS) is 17.6. The summed E-state index contributed by atoms with van der Waals surface area (Å²) in [5, 5.41) is 0. The van der Waals surface area contributed by atoms with Gasteiger partial charge in [0.05, 0.1) is 0 Å². The molecule has 0 saturated heterocycles. The molecule has 1 nitrogen and oxygen atoms in total. The van der Waals surface area contributed by atoms with E-state index in [9.17, 15) is 4.79 Å². The summed E-state index contributed by atoms with van der Waals surface area (Å²) in [5.41, 5.74) is 4.71. The molecule has 20 heavy (non-hydrogen) atoms. The summed E-state index contributed by atoms with van der Waals surface area (Å²) >= 11 is 3.48. The molecule has 1 unspecified atom stereocenters. The number of hydrogen-bond donors (Lipinski definition) is 0. The molecule has 0 aromatic heterocycles. The first-order valence-corrected chi connectivity index (χ1v) is 7.81. The minimum Gasteiger partial charge on any atom is -0.294 e. The van der Waals surface area contributed by atoms with Crippen molar-refractivity contribution in [2.75, 3.05) is 0 Å². The molecule has 0 bridgehead atoms. The lowest BCUT2D eigenvalue weighted by Crippen LogP contribution is -2.22. The van der Waals surface area contributed by atoms with Crippen LogP contribution in [0.5, 0.6) is 0 Å². The van der Waals surface area contributed by atoms with Crippen LogP contribution in [0.25, 0.3) is 0 Å². The van der Waals surface area contributed by atoms with Gasteiger partial charge in [0.15, 0.2) is 5.78 Å². The van der Waals surface area contributed by atoms with Gasteiger partial charge < -0.3 is 0 Å². The van der Waals surface area contributed by atoms with Gasteiger partial charge in [-0.05, 0) is 55.0 Å². The Bertz CT molecular complexity index is 660. The van der Waals surface area contributed by atoms with Crippen LogP contribution >= 0.6 is 15.9 Å². The Morgan fingerprint density at radius 3 is 2.65 bits per heavy atom. The van der Waals surface area contributed by atoms with Crippen molar-refractivity contribution in [2.45, 2.75) is 26.2 Å². The number of carbonyl (C=O) groups excluding carboxylic acids is 1. The molecular weight excluding hydrogens is 312 g/mol. The molecule has 0 aliphatic heterocycles. The lowest BCUT2D eigenvalue weighted by atomic mass is 9.80. The lowest BCUT2D eigenvalue weighted by molar-refractivity contribution is 0.0908. The predicted octanol–water partition coefficient (Wildman–Crippen LogP) is 4.75. The molecule has 0 spiro atoms. The second kappa shape index (κ2) is 5.53. The molecule has 1 atom stereocenters. The van der Waals surface area contributed by atoms with Crippen LogP contribution < -0.4 is 0 Å². The Morgan fingerprint density at radius 1 is 1.15 bits per heavy atom. The third-order valence-corrected chi connectivity index (χ3v) is 5.05. The molecule has 2 heteroatoms. The van der Waals surface area contributed by atoms with Gasteiger partial charge in [-0.15, -0.1) is 0 Å². The first kappa shape index (κ1) is 13.6. The maximum atomic E-state index is 12.7. The molecule has 1 aliphatic carbocycles. The van der Waals surface area contributed by atoms with Crippen LogP contribution in [0.1, 0.15) is 33.5 Å². The number of carbonyl (C=O) groups is 1. The summed E-state index contributed by atoms with van der Waals surface area (Å²) < 4.78 is 1.06. The van der Waals surface area contributed by atoms with Crippen molar-refractivity contribution < 1.29 is 4.79 Å². The Kier molecular flexibility index (Phi) is 3.75. The number of aryl methyl sites for hydroxylation is 2. The summed E-state index contributed by atoms with van der Waals surface area (Å²) in [5.74, 6) is 0.417. The van der Waals surface area contributed by atoms with Crippen LogP contribution in [0.4, 0.5) is 0 Å². The van der Waals surface area contributed by atoms with Crippen molar-refractivity contribution in [3.05, 3.63) is 69.2 Å². The molecule has 3 rings (SSSR count). The Balaban J connectivity index is 1.84. The van der Waals surface area contributed by atoms with Crippen molar-refractivity contribution in [3.63, 3.8) is 0 Å². The second-order valence-electron chi connectivity index (χ2n) is 5.54. The zero-order valence-electron chi connectivity index (χ0n) is 11.5. The van der Waals surface area contributed by atoms with Crippen LogP contribution in [0.3, 0.4) is 0 Å². The molecule has 0 saturated carbocycles. The minimum absolute atomic E-state index is 0.130. The van der Waals surface area contributed by atoms with Crippen LogP contribution in [-0.2, 0) is 12.8 Å². The van der Waals surface area contributed by atoms with E-state index in [-0.39, 0.29) is 11.7 Å². The molecule has 2 aromatic rings. The average molecular weight is 329 g/mol. The molecular formula is C18H17BrO. The smallest absolute Gasteiger partial charge is 0.166 e. The third-order valence-electron chi connectivity index (χ3n) is 4.16. The fourth-order valence-electron chi connectivity index (χ4n) is 2.96. The Hall–Kier alpha value is -1.41. The summed E-state index contributed by atoms with van der Waals surface area (Å²) in [6.07, 6.45) is 2.86. The largest absolute Gasteiger partial charge is 0.294 e. The van der Waals surface area contributed by atoms with E-state index in [4.69, 9.17) is 0 Å². The molecule has 0 N–H and O–H groups in total. The summed E-state index contributed by atoms with van der Waals surface area (Å²) in [7, 11) is 0. The number of halogens is 1. The SMILES string of the molecule is Cc1cc(C(=O)C2CCc3ccccc3C2)ccc1Br. The van der Waals surface area contributed by atoms with Gasteiger partial charge in [-0.25, -0.2) is 0 Å². The van der Waals surface area contributed by atoms with Gasteiger partial charge in [0.25, 0.3) is 0 Å². The van der Waals surface area contributed by atoms with Crippen LogP contribution in [0, 0.1) is 12.8 Å². The van der Waals surface area contributed by atoms with E-state index in [1.54, 1.807) is 0 Å². The Labute approximate surface area is 128 Å². The van der Waals surface area contributed by atoms with Crippen LogP contribution in [0.2, 0.25) is 0 Å². The topological polar surface area (TPSA) is 17.1 Å². The quantitative estimate of drug-likeness (QED) is 0.727. The summed E-state index contributed by atoms with van der Waals surface area (Å²) in [6, 6.07) is 14.4. The summed E-state index contributed by atoms with van der Waals surface area (Å²) in [4.78, 5) is 12.7. The fourth-order valence-corrected chi connectivity index (χ4v) is 3.20. The maximum absolute atomic E-state index is 12.7. The predicted molar refractivity (Wildman–Crippen MR) is 85.2 cm³/mol. The number of benzene rings is 2. The Morgan fingerprint density at radius 2 is 1.90 bits per heavy atom. The van der Waals surface area contributed by atoms with E-state index in [1.807, 2.05) is 25.1 Å². The van der Waals surface area contributed by atoms with Gasteiger partial charge in [0, 0.05) is 16.0 Å². The van der Waals surface area contributed by atoms with E-state index in [2.05, 4.69) is 40.2 Å². The van der Waals surface area contributed by atoms with Crippen LogP contribution in [-0.4, -0.2) is 5.78 Å². The van der Waals surface area contributed by atoms with Gasteiger partial charge in [0.1, 0.15) is 0 Å². The highest BCUT2D eigenvalue weighted by atomic mass is 79.9. The van der Waals surface area contributed by atoms with Crippen LogP contribution in [0.15, 0.2) is 46.9 Å². The lowest BCUT2D eigenvalue weighted by Gasteiger charge is -2.23. The maximum Gasteiger partial charge on any atom is 0.166 e. The fraction of sp³-hybridized carbons (Fsp3) is 0.278. The molecule has 0 radical (unpaired) electrons. The highest BCUT2D eigenvalue weighted by Gasteiger charge is 2.25. The minimum atomic E-state index is 0.130. The van der Waals surface area contributed by atoms with Gasteiger partial charge >= 0.3 is 0 Å². The van der Waals surface area contributed by atoms with Crippen molar-refractivity contribution in [3.8, 4) is 0 Å². The zero-order valence-corrected chi connectivity index (χ0v) is 13.1. The van der Waals surface area contributed by atoms with Gasteiger partial charge in [-0.2, -0.15) is 0 Å². The van der Waals surface area contributed by atoms with E-state index < -0.39 is 0 Å². The van der Waals surface area contributed by atoms with Gasteiger partial charge in [0.2, 0.25) is 0 Å². The standard InChI is InChI=1S/C18H17BrO/c1-12-10-15(8-9-17(12)19)18(20)16-7-6-13-4-2-3-5-14(13)11-16/h2-5,8-10,16H,6-7,11H2,1H3. The first-order valence-electron chi connectivity index (χ1n) is 7.02. The third kappa shape index (κ3) is 2.57. The number of rotatable bonds is 2. The molecule has 0 fully saturated rings. The number of Topliss-reactive ketones (excluding diaryl/α,β-unsaturated/α-hetero) is 1. The van der Waals surface area contributed by atoms with E-state index >= 15 is 0 Å². The van der Waals surface area contributed by atoms with Gasteiger partial charge in [-0.1, -0.05) is 46.3 Å². The molecule has 1 aliphatic rings. The monoisotopic (exact) mass is 328 g/mol. The number of fused-ring (bicyclic) bond motifs is 1.